The third-order valence-electron chi connectivity index (χ3n) is 2.36. The lowest BCUT2D eigenvalue weighted by Gasteiger charge is -2.03. The lowest BCUT2D eigenvalue weighted by Crippen LogP contribution is -2.18. The van der Waals surface area contributed by atoms with E-state index >= 15 is 0 Å². The van der Waals surface area contributed by atoms with Gasteiger partial charge in [0.15, 0.2) is 0 Å². The fourth-order valence-electron chi connectivity index (χ4n) is 1.44. The molecule has 0 radical (unpaired) electrons. The first-order valence-electron chi connectivity index (χ1n) is 5.35. The van der Waals surface area contributed by atoms with Crippen LogP contribution in [0.15, 0.2) is 46.9 Å². The van der Waals surface area contributed by atoms with Crippen molar-refractivity contribution in [2.45, 2.75) is 6.92 Å². The normalized spacial score (nSPS) is 11.3. The van der Waals surface area contributed by atoms with Crippen molar-refractivity contribution in [2.75, 3.05) is 0 Å². The maximum atomic E-state index is 11.7. The van der Waals surface area contributed by atoms with Crippen molar-refractivity contribution in [3.63, 3.8) is 0 Å². The standard InChI is InChI=1S/C13H12N2O2S/c1-9(10-5-2-3-6-11(10)16)14-15-13(17)12-7-4-8-18-12/h2-8,16H,1H3,(H,15,17)/b14-9+. The van der Waals surface area contributed by atoms with Crippen molar-refractivity contribution in [3.8, 4) is 5.75 Å². The minimum Gasteiger partial charge on any atom is -0.507 e. The Bertz CT molecular complexity index is 576. The molecule has 2 rings (SSSR count). The number of benzene rings is 1. The third kappa shape index (κ3) is 2.75. The first-order chi connectivity index (χ1) is 8.68. The van der Waals surface area contributed by atoms with Gasteiger partial charge < -0.3 is 5.11 Å². The van der Waals surface area contributed by atoms with Crippen LogP contribution in [-0.4, -0.2) is 16.7 Å². The van der Waals surface area contributed by atoms with Gasteiger partial charge in [-0.1, -0.05) is 18.2 Å². The summed E-state index contributed by atoms with van der Waals surface area (Å²) in [6.45, 7) is 1.73. The number of hydrogen-bond donors (Lipinski definition) is 2. The number of amides is 1. The molecule has 5 heteroatoms. The van der Waals surface area contributed by atoms with Crippen LogP contribution in [0.3, 0.4) is 0 Å². The molecule has 0 aliphatic heterocycles. The van der Waals surface area contributed by atoms with Gasteiger partial charge in [0.05, 0.1) is 10.6 Å². The predicted molar refractivity (Wildman–Crippen MR) is 72.1 cm³/mol. The molecule has 0 aliphatic rings. The maximum absolute atomic E-state index is 11.7. The summed E-state index contributed by atoms with van der Waals surface area (Å²) in [5.74, 6) is -0.108. The summed E-state index contributed by atoms with van der Waals surface area (Å²) in [5.41, 5.74) is 3.61. The van der Waals surface area contributed by atoms with Crippen LogP contribution in [0.2, 0.25) is 0 Å². The number of rotatable bonds is 3. The Kier molecular flexibility index (Phi) is 3.74. The Morgan fingerprint density at radius 1 is 1.28 bits per heavy atom. The smallest absolute Gasteiger partial charge is 0.281 e. The Morgan fingerprint density at radius 2 is 2.06 bits per heavy atom. The van der Waals surface area contributed by atoms with E-state index in [9.17, 15) is 9.90 Å². The Hall–Kier alpha value is -2.14. The number of para-hydroxylation sites is 1. The molecule has 1 aromatic heterocycles. The van der Waals surface area contributed by atoms with E-state index in [4.69, 9.17) is 0 Å². The van der Waals surface area contributed by atoms with Crippen LogP contribution in [-0.2, 0) is 0 Å². The molecule has 2 aromatic rings. The quantitative estimate of drug-likeness (QED) is 0.658. The van der Waals surface area contributed by atoms with Crippen molar-refractivity contribution >= 4 is 23.0 Å². The van der Waals surface area contributed by atoms with E-state index in [1.807, 2.05) is 5.38 Å². The van der Waals surface area contributed by atoms with Crippen LogP contribution in [0, 0.1) is 0 Å². The summed E-state index contributed by atoms with van der Waals surface area (Å²) < 4.78 is 0. The summed E-state index contributed by atoms with van der Waals surface area (Å²) >= 11 is 1.35. The Labute approximate surface area is 109 Å². The summed E-state index contributed by atoms with van der Waals surface area (Å²) in [5, 5.41) is 15.4. The highest BCUT2D eigenvalue weighted by Crippen LogP contribution is 2.16. The van der Waals surface area contributed by atoms with Crippen LogP contribution >= 0.6 is 11.3 Å². The number of hydrogen-bond acceptors (Lipinski definition) is 4. The van der Waals surface area contributed by atoms with E-state index in [2.05, 4.69) is 10.5 Å². The maximum Gasteiger partial charge on any atom is 0.281 e. The molecule has 4 nitrogen and oxygen atoms in total. The van der Waals surface area contributed by atoms with Crippen molar-refractivity contribution in [3.05, 3.63) is 52.2 Å². The largest absolute Gasteiger partial charge is 0.507 e. The van der Waals surface area contributed by atoms with Gasteiger partial charge in [-0.2, -0.15) is 5.10 Å². The van der Waals surface area contributed by atoms with Crippen molar-refractivity contribution in [2.24, 2.45) is 5.10 Å². The SMILES string of the molecule is C/C(=N\NC(=O)c1cccs1)c1ccccc1O. The minimum absolute atomic E-state index is 0.143. The number of phenols is 1. The zero-order valence-corrected chi connectivity index (χ0v) is 10.6. The molecule has 0 atom stereocenters. The molecule has 0 spiro atoms. The van der Waals surface area contributed by atoms with E-state index < -0.39 is 0 Å². The fourth-order valence-corrected chi connectivity index (χ4v) is 2.05. The van der Waals surface area contributed by atoms with Crippen LogP contribution in [0.25, 0.3) is 0 Å². The molecule has 18 heavy (non-hydrogen) atoms. The van der Waals surface area contributed by atoms with Crippen LogP contribution in [0.4, 0.5) is 0 Å². The highest BCUT2D eigenvalue weighted by Gasteiger charge is 2.06. The van der Waals surface area contributed by atoms with Crippen LogP contribution in [0.5, 0.6) is 5.75 Å². The van der Waals surface area contributed by atoms with Gasteiger partial charge in [0.1, 0.15) is 5.75 Å². The van der Waals surface area contributed by atoms with Crippen molar-refractivity contribution < 1.29 is 9.90 Å². The fraction of sp³-hybridized carbons (Fsp3) is 0.0769. The number of thiophene rings is 1. The Morgan fingerprint density at radius 3 is 2.72 bits per heavy atom. The molecule has 92 valence electrons. The summed E-state index contributed by atoms with van der Waals surface area (Å²) in [6, 6.07) is 10.4. The molecule has 0 fully saturated rings. The van der Waals surface area contributed by atoms with Crippen LogP contribution in [0.1, 0.15) is 22.2 Å². The van der Waals surface area contributed by atoms with E-state index in [1.54, 1.807) is 43.3 Å². The number of nitrogens with one attached hydrogen (secondary N) is 1. The zero-order valence-electron chi connectivity index (χ0n) is 9.75. The lowest BCUT2D eigenvalue weighted by atomic mass is 10.1. The van der Waals surface area contributed by atoms with E-state index in [0.29, 0.717) is 16.2 Å². The molecule has 0 saturated carbocycles. The predicted octanol–water partition coefficient (Wildman–Crippen LogP) is 2.61. The summed E-state index contributed by atoms with van der Waals surface area (Å²) in [6.07, 6.45) is 0. The first-order valence-corrected chi connectivity index (χ1v) is 6.23. The Balaban J connectivity index is 2.11. The molecule has 1 heterocycles. The number of aromatic hydroxyl groups is 1. The van der Waals surface area contributed by atoms with Gasteiger partial charge in [-0.05, 0) is 30.5 Å². The molecule has 2 N–H and O–H groups in total. The van der Waals surface area contributed by atoms with Crippen LogP contribution < -0.4 is 5.43 Å². The minimum atomic E-state index is -0.250. The van der Waals surface area contributed by atoms with Gasteiger partial charge in [-0.3, -0.25) is 4.79 Å². The second kappa shape index (κ2) is 5.46. The second-order valence-electron chi connectivity index (χ2n) is 3.63. The molecule has 1 amide bonds. The molecule has 0 saturated heterocycles. The van der Waals surface area contributed by atoms with Crippen molar-refractivity contribution in [1.29, 1.82) is 0 Å². The number of hydrazone groups is 1. The van der Waals surface area contributed by atoms with Gasteiger partial charge in [-0.15, -0.1) is 11.3 Å². The highest BCUT2D eigenvalue weighted by molar-refractivity contribution is 7.12. The number of nitrogens with zero attached hydrogens (tertiary/aromatic N) is 1. The van der Waals surface area contributed by atoms with E-state index in [0.717, 1.165) is 0 Å². The third-order valence-corrected chi connectivity index (χ3v) is 3.23. The molecule has 1 aromatic carbocycles. The first kappa shape index (κ1) is 12.3. The average molecular weight is 260 g/mol. The monoisotopic (exact) mass is 260 g/mol. The van der Waals surface area contributed by atoms with Gasteiger partial charge in [0, 0.05) is 5.56 Å². The topological polar surface area (TPSA) is 61.7 Å². The molecular formula is C13H12N2O2S. The summed E-state index contributed by atoms with van der Waals surface area (Å²) in [7, 11) is 0. The molecule has 0 aliphatic carbocycles. The van der Waals surface area contributed by atoms with Gasteiger partial charge in [-0.25, -0.2) is 5.43 Å². The zero-order chi connectivity index (χ0) is 13.0. The number of carbonyl (C=O) groups excluding carboxylic acids is 1. The lowest BCUT2D eigenvalue weighted by molar-refractivity contribution is 0.0959. The average Bonchev–Trinajstić information content (AvgIpc) is 2.90. The number of phenolic OH excluding ortho intramolecular Hbond substituents is 1. The highest BCUT2D eigenvalue weighted by atomic mass is 32.1. The van der Waals surface area contributed by atoms with Crippen molar-refractivity contribution in [1.82, 2.24) is 5.43 Å². The number of carbonyl (C=O) groups is 1. The molecular weight excluding hydrogens is 248 g/mol. The van der Waals surface area contributed by atoms with Gasteiger partial charge in [0.2, 0.25) is 0 Å². The van der Waals surface area contributed by atoms with E-state index in [1.165, 1.54) is 11.3 Å². The van der Waals surface area contributed by atoms with E-state index in [-0.39, 0.29) is 11.7 Å². The second-order valence-corrected chi connectivity index (χ2v) is 4.58. The van der Waals surface area contributed by atoms with Gasteiger partial charge in [0.25, 0.3) is 5.91 Å². The molecule has 0 unspecified atom stereocenters. The van der Waals surface area contributed by atoms with Gasteiger partial charge >= 0.3 is 0 Å². The molecule has 0 bridgehead atoms. The summed E-state index contributed by atoms with van der Waals surface area (Å²) in [4.78, 5) is 12.3.